The molecule has 1 saturated heterocycles. The van der Waals surface area contributed by atoms with E-state index in [1.807, 2.05) is 0 Å². The standard InChI is InChI=1S/C15H25N/c1-3-10-16-11-8-15(9-12-16)14-6-4-13(2)5-7-14/h4,6,15H,3,5,7-12H2,1-2H3. The highest BCUT2D eigenvalue weighted by atomic mass is 15.1. The lowest BCUT2D eigenvalue weighted by molar-refractivity contribution is 0.197. The Morgan fingerprint density at radius 3 is 2.50 bits per heavy atom. The molecule has 16 heavy (non-hydrogen) atoms. The summed E-state index contributed by atoms with van der Waals surface area (Å²) in [6, 6.07) is 0. The quantitative estimate of drug-likeness (QED) is 0.698. The highest BCUT2D eigenvalue weighted by Gasteiger charge is 2.21. The third-order valence-electron chi connectivity index (χ3n) is 4.04. The van der Waals surface area contributed by atoms with Gasteiger partial charge in [0.25, 0.3) is 0 Å². The maximum absolute atomic E-state index is 2.63. The largest absolute Gasteiger partial charge is 0.303 e. The van der Waals surface area contributed by atoms with E-state index in [1.165, 1.54) is 51.7 Å². The second-order valence-corrected chi connectivity index (χ2v) is 5.37. The molecule has 0 N–H and O–H groups in total. The summed E-state index contributed by atoms with van der Waals surface area (Å²) in [6.07, 6.45) is 11.4. The molecule has 1 heterocycles. The summed E-state index contributed by atoms with van der Waals surface area (Å²) in [7, 11) is 0. The number of allylic oxidation sites excluding steroid dienone is 4. The van der Waals surface area contributed by atoms with Crippen molar-refractivity contribution in [2.75, 3.05) is 19.6 Å². The number of piperidine rings is 1. The topological polar surface area (TPSA) is 3.24 Å². The van der Waals surface area contributed by atoms with Gasteiger partial charge in [0.2, 0.25) is 0 Å². The molecule has 1 nitrogen and oxygen atoms in total. The fraction of sp³-hybridized carbons (Fsp3) is 0.733. The number of hydrogen-bond acceptors (Lipinski definition) is 1. The number of rotatable bonds is 3. The van der Waals surface area contributed by atoms with Crippen LogP contribution >= 0.6 is 0 Å². The molecule has 0 radical (unpaired) electrons. The van der Waals surface area contributed by atoms with E-state index < -0.39 is 0 Å². The Balaban J connectivity index is 1.85. The predicted octanol–water partition coefficient (Wildman–Crippen LogP) is 3.77. The van der Waals surface area contributed by atoms with Crippen LogP contribution in [0.1, 0.15) is 46.0 Å². The highest BCUT2D eigenvalue weighted by Crippen LogP contribution is 2.31. The van der Waals surface area contributed by atoms with Crippen LogP contribution < -0.4 is 0 Å². The molecule has 0 amide bonds. The van der Waals surface area contributed by atoms with Gasteiger partial charge in [-0.05, 0) is 64.6 Å². The summed E-state index contributed by atoms with van der Waals surface area (Å²) in [5, 5.41) is 0. The first-order valence-electron chi connectivity index (χ1n) is 6.88. The van der Waals surface area contributed by atoms with Crippen molar-refractivity contribution in [3.8, 4) is 0 Å². The van der Waals surface area contributed by atoms with Gasteiger partial charge in [-0.2, -0.15) is 0 Å². The third-order valence-corrected chi connectivity index (χ3v) is 4.04. The Bertz CT molecular complexity index is 280. The molecule has 1 fully saturated rings. The smallest absolute Gasteiger partial charge is 0.00130 e. The Morgan fingerprint density at radius 1 is 1.19 bits per heavy atom. The maximum atomic E-state index is 2.63. The summed E-state index contributed by atoms with van der Waals surface area (Å²) < 4.78 is 0. The Kier molecular flexibility index (Phi) is 4.22. The molecule has 1 aliphatic heterocycles. The van der Waals surface area contributed by atoms with Crippen molar-refractivity contribution in [3.63, 3.8) is 0 Å². The molecule has 0 bridgehead atoms. The average Bonchev–Trinajstić information content (AvgIpc) is 2.32. The molecule has 0 spiro atoms. The van der Waals surface area contributed by atoms with Crippen molar-refractivity contribution < 1.29 is 0 Å². The normalized spacial score (nSPS) is 24.1. The van der Waals surface area contributed by atoms with Crippen LogP contribution in [-0.4, -0.2) is 24.5 Å². The van der Waals surface area contributed by atoms with Gasteiger partial charge in [0.15, 0.2) is 0 Å². The summed E-state index contributed by atoms with van der Waals surface area (Å²) in [5.41, 5.74) is 3.27. The molecule has 0 aromatic carbocycles. The zero-order valence-corrected chi connectivity index (χ0v) is 10.8. The summed E-state index contributed by atoms with van der Waals surface area (Å²) in [5.74, 6) is 0.887. The van der Waals surface area contributed by atoms with Crippen LogP contribution in [0.3, 0.4) is 0 Å². The molecule has 0 saturated carbocycles. The van der Waals surface area contributed by atoms with Crippen LogP contribution in [0.25, 0.3) is 0 Å². The minimum atomic E-state index is 0.887. The molecule has 1 aliphatic carbocycles. The highest BCUT2D eigenvalue weighted by molar-refractivity contribution is 5.24. The lowest BCUT2D eigenvalue weighted by atomic mass is 9.83. The molecule has 0 atom stereocenters. The summed E-state index contributed by atoms with van der Waals surface area (Å²) in [4.78, 5) is 2.63. The minimum absolute atomic E-state index is 0.887. The Hall–Kier alpha value is -0.560. The van der Waals surface area contributed by atoms with E-state index >= 15 is 0 Å². The van der Waals surface area contributed by atoms with Crippen LogP contribution in [0, 0.1) is 5.92 Å². The van der Waals surface area contributed by atoms with Gasteiger partial charge in [-0.1, -0.05) is 30.2 Å². The molecule has 0 aromatic rings. The van der Waals surface area contributed by atoms with E-state index in [9.17, 15) is 0 Å². The van der Waals surface area contributed by atoms with Crippen molar-refractivity contribution in [3.05, 3.63) is 23.3 Å². The Morgan fingerprint density at radius 2 is 1.94 bits per heavy atom. The van der Waals surface area contributed by atoms with Crippen LogP contribution in [-0.2, 0) is 0 Å². The number of nitrogens with zero attached hydrogens (tertiary/aromatic N) is 1. The first-order valence-corrected chi connectivity index (χ1v) is 6.88. The first-order chi connectivity index (χ1) is 7.79. The van der Waals surface area contributed by atoms with Crippen molar-refractivity contribution in [1.82, 2.24) is 4.90 Å². The molecule has 0 unspecified atom stereocenters. The van der Waals surface area contributed by atoms with Crippen molar-refractivity contribution in [2.24, 2.45) is 5.92 Å². The second-order valence-electron chi connectivity index (χ2n) is 5.37. The second kappa shape index (κ2) is 5.67. The zero-order valence-electron chi connectivity index (χ0n) is 10.8. The van der Waals surface area contributed by atoms with Gasteiger partial charge < -0.3 is 4.90 Å². The lowest BCUT2D eigenvalue weighted by Crippen LogP contribution is -2.34. The summed E-state index contributed by atoms with van der Waals surface area (Å²) in [6.45, 7) is 8.46. The van der Waals surface area contributed by atoms with E-state index in [0.717, 1.165) is 5.92 Å². The van der Waals surface area contributed by atoms with Crippen molar-refractivity contribution >= 4 is 0 Å². The van der Waals surface area contributed by atoms with E-state index in [0.29, 0.717) is 0 Å². The predicted molar refractivity (Wildman–Crippen MR) is 70.5 cm³/mol. The van der Waals surface area contributed by atoms with Gasteiger partial charge in [0.1, 0.15) is 0 Å². The fourth-order valence-electron chi connectivity index (χ4n) is 2.94. The zero-order chi connectivity index (χ0) is 11.4. The molecule has 0 aromatic heterocycles. The van der Waals surface area contributed by atoms with Crippen molar-refractivity contribution in [1.29, 1.82) is 0 Å². The number of hydrogen-bond donors (Lipinski definition) is 0. The van der Waals surface area contributed by atoms with E-state index in [2.05, 4.69) is 30.9 Å². The fourth-order valence-corrected chi connectivity index (χ4v) is 2.94. The maximum Gasteiger partial charge on any atom is -0.00130 e. The van der Waals surface area contributed by atoms with Gasteiger partial charge >= 0.3 is 0 Å². The van der Waals surface area contributed by atoms with Gasteiger partial charge in [-0.25, -0.2) is 0 Å². The third kappa shape index (κ3) is 2.98. The first kappa shape index (κ1) is 11.9. The van der Waals surface area contributed by atoms with Crippen LogP contribution in [0.15, 0.2) is 23.3 Å². The Labute approximate surface area is 100 Å². The van der Waals surface area contributed by atoms with Crippen LogP contribution in [0.2, 0.25) is 0 Å². The molecule has 2 rings (SSSR count). The lowest BCUT2D eigenvalue weighted by Gasteiger charge is -2.33. The van der Waals surface area contributed by atoms with E-state index in [1.54, 1.807) is 11.1 Å². The van der Waals surface area contributed by atoms with E-state index in [-0.39, 0.29) is 0 Å². The van der Waals surface area contributed by atoms with Crippen LogP contribution in [0.5, 0.6) is 0 Å². The average molecular weight is 219 g/mol. The molecular weight excluding hydrogens is 194 g/mol. The van der Waals surface area contributed by atoms with Gasteiger partial charge in [-0.15, -0.1) is 0 Å². The van der Waals surface area contributed by atoms with Gasteiger partial charge in [-0.3, -0.25) is 0 Å². The molecule has 1 heteroatoms. The van der Waals surface area contributed by atoms with Crippen molar-refractivity contribution in [2.45, 2.75) is 46.0 Å². The SMILES string of the molecule is CCCN1CCC(C2=CC=C(C)CC2)CC1. The monoisotopic (exact) mass is 219 g/mol. The molecule has 90 valence electrons. The van der Waals surface area contributed by atoms with Crippen LogP contribution in [0.4, 0.5) is 0 Å². The van der Waals surface area contributed by atoms with Gasteiger partial charge in [0.05, 0.1) is 0 Å². The number of likely N-dealkylation sites (tertiary alicyclic amines) is 1. The van der Waals surface area contributed by atoms with E-state index in [4.69, 9.17) is 0 Å². The van der Waals surface area contributed by atoms with Gasteiger partial charge in [0, 0.05) is 0 Å². The summed E-state index contributed by atoms with van der Waals surface area (Å²) >= 11 is 0. The minimum Gasteiger partial charge on any atom is -0.303 e. The molecule has 2 aliphatic rings. The molecular formula is C15H25N.